The second kappa shape index (κ2) is 5.64. The Morgan fingerprint density at radius 2 is 2.14 bits per heavy atom. The molecule has 1 heterocycles. The average Bonchev–Trinajstić information content (AvgIpc) is 2.98. The van der Waals surface area contributed by atoms with Crippen LogP contribution < -0.4 is 0 Å². The van der Waals surface area contributed by atoms with Crippen LogP contribution in [0.25, 0.3) is 11.0 Å². The molecule has 0 amide bonds. The van der Waals surface area contributed by atoms with Gasteiger partial charge in [0.1, 0.15) is 5.82 Å². The Hall–Kier alpha value is -1.02. The van der Waals surface area contributed by atoms with Crippen molar-refractivity contribution in [3.63, 3.8) is 0 Å². The SMILES string of the molecule is CCC1CCC(n2c(C(C)Cl)nc3cc(C)ccc32)C1C. The molecule has 0 spiro atoms. The van der Waals surface area contributed by atoms with Gasteiger partial charge in [-0.25, -0.2) is 4.98 Å². The number of hydrogen-bond donors (Lipinski definition) is 0. The highest BCUT2D eigenvalue weighted by atomic mass is 35.5. The monoisotopic (exact) mass is 304 g/mol. The highest BCUT2D eigenvalue weighted by molar-refractivity contribution is 6.20. The van der Waals surface area contributed by atoms with Crippen LogP contribution in [0, 0.1) is 18.8 Å². The third-order valence-corrected chi connectivity index (χ3v) is 5.46. The van der Waals surface area contributed by atoms with E-state index < -0.39 is 0 Å². The van der Waals surface area contributed by atoms with Crippen LogP contribution in [0.5, 0.6) is 0 Å². The summed E-state index contributed by atoms with van der Waals surface area (Å²) < 4.78 is 2.44. The zero-order chi connectivity index (χ0) is 15.1. The van der Waals surface area contributed by atoms with Crippen LogP contribution in [0.15, 0.2) is 18.2 Å². The lowest BCUT2D eigenvalue weighted by atomic mass is 9.93. The Bertz CT molecular complexity index is 644. The molecule has 1 aliphatic rings. The lowest BCUT2D eigenvalue weighted by Gasteiger charge is -2.24. The Labute approximate surface area is 132 Å². The van der Waals surface area contributed by atoms with Gasteiger partial charge in [-0.2, -0.15) is 0 Å². The standard InChI is InChI=1S/C18H25ClN2/c1-5-14-7-9-16(12(14)3)21-17-8-6-11(2)10-15(17)20-18(21)13(4)19/h6,8,10,12-14,16H,5,7,9H2,1-4H3. The molecule has 0 aliphatic heterocycles. The molecule has 4 atom stereocenters. The summed E-state index contributed by atoms with van der Waals surface area (Å²) in [5.41, 5.74) is 3.59. The quantitative estimate of drug-likeness (QED) is 0.671. The fourth-order valence-electron chi connectivity index (χ4n) is 4.02. The van der Waals surface area contributed by atoms with Crippen LogP contribution in [-0.2, 0) is 0 Å². The molecule has 2 aromatic rings. The van der Waals surface area contributed by atoms with Crippen molar-refractivity contribution < 1.29 is 0 Å². The predicted molar refractivity (Wildman–Crippen MR) is 90.0 cm³/mol. The molecule has 3 heteroatoms. The number of benzene rings is 1. The van der Waals surface area contributed by atoms with Crippen molar-refractivity contribution in [2.24, 2.45) is 11.8 Å². The van der Waals surface area contributed by atoms with Crippen molar-refractivity contribution in [3.8, 4) is 0 Å². The molecule has 0 saturated heterocycles. The highest BCUT2D eigenvalue weighted by Crippen LogP contribution is 2.44. The molecule has 1 aromatic heterocycles. The van der Waals surface area contributed by atoms with Gasteiger partial charge in [-0.1, -0.05) is 26.3 Å². The summed E-state index contributed by atoms with van der Waals surface area (Å²) >= 11 is 6.43. The van der Waals surface area contributed by atoms with E-state index in [-0.39, 0.29) is 5.38 Å². The van der Waals surface area contributed by atoms with Gasteiger partial charge in [0.15, 0.2) is 0 Å². The van der Waals surface area contributed by atoms with Gasteiger partial charge >= 0.3 is 0 Å². The van der Waals surface area contributed by atoms with Crippen molar-refractivity contribution in [2.75, 3.05) is 0 Å². The van der Waals surface area contributed by atoms with Crippen LogP contribution in [0.3, 0.4) is 0 Å². The zero-order valence-corrected chi connectivity index (χ0v) is 14.2. The van der Waals surface area contributed by atoms with Gasteiger partial charge in [-0.15, -0.1) is 11.6 Å². The van der Waals surface area contributed by atoms with E-state index in [1.165, 1.54) is 30.3 Å². The van der Waals surface area contributed by atoms with Crippen LogP contribution in [0.2, 0.25) is 0 Å². The van der Waals surface area contributed by atoms with E-state index in [0.29, 0.717) is 12.0 Å². The number of nitrogens with zero attached hydrogens (tertiary/aromatic N) is 2. The minimum Gasteiger partial charge on any atom is -0.323 e. The highest BCUT2D eigenvalue weighted by Gasteiger charge is 2.35. The summed E-state index contributed by atoms with van der Waals surface area (Å²) in [4.78, 5) is 4.83. The summed E-state index contributed by atoms with van der Waals surface area (Å²) in [6, 6.07) is 7.11. The van der Waals surface area contributed by atoms with Gasteiger partial charge in [-0.3, -0.25) is 0 Å². The summed E-state index contributed by atoms with van der Waals surface area (Å²) in [5.74, 6) is 2.56. The van der Waals surface area contributed by atoms with Gasteiger partial charge < -0.3 is 4.57 Å². The van der Waals surface area contributed by atoms with Gasteiger partial charge in [-0.05, 0) is 56.2 Å². The minimum atomic E-state index is -0.0504. The van der Waals surface area contributed by atoms with E-state index in [4.69, 9.17) is 16.6 Å². The maximum Gasteiger partial charge on any atom is 0.127 e. The number of alkyl halides is 1. The molecule has 0 radical (unpaired) electrons. The molecule has 114 valence electrons. The third-order valence-electron chi connectivity index (χ3n) is 5.27. The number of aryl methyl sites for hydroxylation is 1. The smallest absolute Gasteiger partial charge is 0.127 e. The molecular weight excluding hydrogens is 280 g/mol. The van der Waals surface area contributed by atoms with E-state index in [2.05, 4.69) is 43.5 Å². The van der Waals surface area contributed by atoms with E-state index in [0.717, 1.165) is 17.3 Å². The van der Waals surface area contributed by atoms with Crippen molar-refractivity contribution in [1.29, 1.82) is 0 Å². The van der Waals surface area contributed by atoms with Crippen molar-refractivity contribution in [1.82, 2.24) is 9.55 Å². The Balaban J connectivity index is 2.14. The van der Waals surface area contributed by atoms with Crippen LogP contribution in [-0.4, -0.2) is 9.55 Å². The van der Waals surface area contributed by atoms with Crippen molar-refractivity contribution in [3.05, 3.63) is 29.6 Å². The minimum absolute atomic E-state index is 0.0504. The first kappa shape index (κ1) is 14.9. The average molecular weight is 305 g/mol. The fourth-order valence-corrected chi connectivity index (χ4v) is 4.18. The lowest BCUT2D eigenvalue weighted by molar-refractivity contribution is 0.329. The first-order valence-corrected chi connectivity index (χ1v) is 8.59. The van der Waals surface area contributed by atoms with Gasteiger partial charge in [0, 0.05) is 6.04 Å². The molecule has 1 fully saturated rings. The molecule has 0 bridgehead atoms. The second-order valence-corrected chi connectivity index (χ2v) is 7.27. The molecule has 1 saturated carbocycles. The topological polar surface area (TPSA) is 17.8 Å². The predicted octanol–water partition coefficient (Wildman–Crippen LogP) is 5.64. The molecule has 4 unspecified atom stereocenters. The van der Waals surface area contributed by atoms with Gasteiger partial charge in [0.2, 0.25) is 0 Å². The number of rotatable bonds is 3. The van der Waals surface area contributed by atoms with Crippen molar-refractivity contribution >= 4 is 22.6 Å². The maximum absolute atomic E-state index is 6.43. The van der Waals surface area contributed by atoms with Crippen LogP contribution in [0.4, 0.5) is 0 Å². The fraction of sp³-hybridized carbons (Fsp3) is 0.611. The maximum atomic E-state index is 6.43. The molecule has 2 nitrogen and oxygen atoms in total. The third kappa shape index (κ3) is 2.48. The molecule has 0 N–H and O–H groups in total. The van der Waals surface area contributed by atoms with E-state index in [9.17, 15) is 0 Å². The largest absolute Gasteiger partial charge is 0.323 e. The molecular formula is C18H25ClN2. The zero-order valence-electron chi connectivity index (χ0n) is 13.4. The summed E-state index contributed by atoms with van der Waals surface area (Å²) in [7, 11) is 0. The molecule has 21 heavy (non-hydrogen) atoms. The van der Waals surface area contributed by atoms with E-state index >= 15 is 0 Å². The number of halogens is 1. The Kier molecular flexibility index (Phi) is 4.00. The first-order chi connectivity index (χ1) is 10.0. The van der Waals surface area contributed by atoms with Crippen LogP contribution >= 0.6 is 11.6 Å². The molecule has 1 aliphatic carbocycles. The Morgan fingerprint density at radius 1 is 1.38 bits per heavy atom. The van der Waals surface area contributed by atoms with Gasteiger partial charge in [0.25, 0.3) is 0 Å². The number of hydrogen-bond acceptors (Lipinski definition) is 1. The van der Waals surface area contributed by atoms with E-state index in [1.54, 1.807) is 0 Å². The van der Waals surface area contributed by atoms with Crippen LogP contribution in [0.1, 0.15) is 62.8 Å². The number of fused-ring (bicyclic) bond motifs is 1. The summed E-state index contributed by atoms with van der Waals surface area (Å²) in [5, 5.41) is -0.0504. The Morgan fingerprint density at radius 3 is 2.76 bits per heavy atom. The van der Waals surface area contributed by atoms with E-state index in [1.807, 2.05) is 6.92 Å². The lowest BCUT2D eigenvalue weighted by Crippen LogP contribution is -2.18. The summed E-state index contributed by atoms with van der Waals surface area (Å²) in [6.07, 6.45) is 3.84. The number of aromatic nitrogens is 2. The van der Waals surface area contributed by atoms with Gasteiger partial charge in [0.05, 0.1) is 16.4 Å². The first-order valence-electron chi connectivity index (χ1n) is 8.15. The summed E-state index contributed by atoms with van der Waals surface area (Å²) in [6.45, 7) is 8.86. The second-order valence-electron chi connectivity index (χ2n) is 6.62. The number of imidazole rings is 1. The normalized spacial score (nSPS) is 27.4. The molecule has 1 aromatic carbocycles. The molecule has 3 rings (SSSR count). The van der Waals surface area contributed by atoms with Crippen molar-refractivity contribution in [2.45, 2.75) is 58.4 Å².